The van der Waals surface area contributed by atoms with E-state index in [4.69, 9.17) is 0 Å². The van der Waals surface area contributed by atoms with Crippen molar-refractivity contribution in [1.82, 2.24) is 4.57 Å². The van der Waals surface area contributed by atoms with E-state index in [-0.39, 0.29) is 23.1 Å². The second-order valence-corrected chi connectivity index (χ2v) is 10.4. The molecular formula is C28H24N2O3S. The third kappa shape index (κ3) is 4.32. The Kier molecular flexibility index (Phi) is 5.67. The smallest absolute Gasteiger partial charge is 0.244 e. The van der Waals surface area contributed by atoms with E-state index in [9.17, 15) is 13.2 Å². The summed E-state index contributed by atoms with van der Waals surface area (Å²) in [6.07, 6.45) is 1.58. The highest BCUT2D eigenvalue weighted by atomic mass is 32.2. The molecule has 1 amide bonds. The summed E-state index contributed by atoms with van der Waals surface area (Å²) in [4.78, 5) is 13.2. The van der Waals surface area contributed by atoms with E-state index in [1.54, 1.807) is 16.8 Å². The van der Waals surface area contributed by atoms with Crippen molar-refractivity contribution in [3.63, 3.8) is 0 Å². The second-order valence-electron chi connectivity index (χ2n) is 8.46. The lowest BCUT2D eigenvalue weighted by atomic mass is 10.1. The number of carbonyl (C=O) groups excluding carboxylic acids is 1. The number of sulfone groups is 1. The Labute approximate surface area is 198 Å². The van der Waals surface area contributed by atoms with E-state index in [1.165, 1.54) is 0 Å². The molecule has 0 aliphatic heterocycles. The first-order valence-corrected chi connectivity index (χ1v) is 12.7. The summed E-state index contributed by atoms with van der Waals surface area (Å²) in [7, 11) is -3.61. The molecule has 1 N–H and O–H groups in total. The molecule has 0 saturated carbocycles. The van der Waals surface area contributed by atoms with Gasteiger partial charge in [-0.3, -0.25) is 4.79 Å². The topological polar surface area (TPSA) is 68.2 Å². The van der Waals surface area contributed by atoms with Crippen LogP contribution in [0.3, 0.4) is 0 Å². The molecule has 4 aromatic carbocycles. The van der Waals surface area contributed by atoms with Gasteiger partial charge in [-0.05, 0) is 30.0 Å². The first kappa shape index (κ1) is 21.9. The number of anilines is 1. The Morgan fingerprint density at radius 2 is 1.50 bits per heavy atom. The third-order valence-corrected chi connectivity index (χ3v) is 7.65. The average molecular weight is 469 g/mol. The summed E-state index contributed by atoms with van der Waals surface area (Å²) in [5, 5.41) is 5.59. The first-order chi connectivity index (χ1) is 16.4. The van der Waals surface area contributed by atoms with Crippen LogP contribution in [0.5, 0.6) is 0 Å². The van der Waals surface area contributed by atoms with Gasteiger partial charge in [0.25, 0.3) is 0 Å². The highest BCUT2D eigenvalue weighted by Gasteiger charge is 2.22. The largest absolute Gasteiger partial charge is 0.337 e. The van der Waals surface area contributed by atoms with Gasteiger partial charge in [-0.1, -0.05) is 84.4 Å². The van der Waals surface area contributed by atoms with Gasteiger partial charge < -0.3 is 9.88 Å². The van der Waals surface area contributed by atoms with E-state index < -0.39 is 9.84 Å². The van der Waals surface area contributed by atoms with Gasteiger partial charge in [0.15, 0.2) is 9.84 Å². The van der Waals surface area contributed by atoms with E-state index in [0.717, 1.165) is 27.6 Å². The number of aryl methyl sites for hydroxylation is 1. The molecule has 0 fully saturated rings. The average Bonchev–Trinajstić information content (AvgIpc) is 3.20. The monoisotopic (exact) mass is 468 g/mol. The van der Waals surface area contributed by atoms with Crippen LogP contribution in [-0.4, -0.2) is 18.9 Å². The van der Waals surface area contributed by atoms with Crippen LogP contribution in [0.25, 0.3) is 21.7 Å². The summed E-state index contributed by atoms with van der Waals surface area (Å²) in [6.45, 7) is 1.97. The Morgan fingerprint density at radius 3 is 2.29 bits per heavy atom. The van der Waals surface area contributed by atoms with Crippen molar-refractivity contribution in [1.29, 1.82) is 0 Å². The van der Waals surface area contributed by atoms with Crippen LogP contribution >= 0.6 is 0 Å². The van der Waals surface area contributed by atoms with Crippen molar-refractivity contribution in [3.05, 3.63) is 108 Å². The van der Waals surface area contributed by atoms with Crippen molar-refractivity contribution >= 4 is 43.1 Å². The third-order valence-electron chi connectivity index (χ3n) is 5.94. The number of amides is 1. The highest BCUT2D eigenvalue weighted by Crippen LogP contribution is 2.29. The summed E-state index contributed by atoms with van der Waals surface area (Å²) >= 11 is 0. The van der Waals surface area contributed by atoms with Gasteiger partial charge in [-0.25, -0.2) is 8.42 Å². The van der Waals surface area contributed by atoms with Crippen molar-refractivity contribution in [2.24, 2.45) is 0 Å². The zero-order valence-corrected chi connectivity index (χ0v) is 19.5. The molecule has 34 heavy (non-hydrogen) atoms. The lowest BCUT2D eigenvalue weighted by Gasteiger charge is -2.10. The normalized spacial score (nSPS) is 11.7. The molecule has 0 atom stereocenters. The maximum Gasteiger partial charge on any atom is 0.244 e. The van der Waals surface area contributed by atoms with Gasteiger partial charge in [0.05, 0.1) is 10.6 Å². The quantitative estimate of drug-likeness (QED) is 0.347. The second kappa shape index (κ2) is 8.80. The maximum atomic E-state index is 13.3. The maximum absolute atomic E-state index is 13.3. The Hall–Kier alpha value is -3.90. The molecule has 0 bridgehead atoms. The van der Waals surface area contributed by atoms with Crippen LogP contribution in [-0.2, 0) is 26.9 Å². The molecule has 5 aromatic rings. The number of aromatic nitrogens is 1. The van der Waals surface area contributed by atoms with Crippen molar-refractivity contribution in [2.75, 3.05) is 5.32 Å². The van der Waals surface area contributed by atoms with E-state index in [0.29, 0.717) is 10.9 Å². The zero-order chi connectivity index (χ0) is 23.7. The van der Waals surface area contributed by atoms with Gasteiger partial charge in [0.1, 0.15) is 6.54 Å². The van der Waals surface area contributed by atoms with Crippen molar-refractivity contribution in [3.8, 4) is 0 Å². The van der Waals surface area contributed by atoms with Gasteiger partial charge >= 0.3 is 0 Å². The molecule has 5 nitrogen and oxygen atoms in total. The number of nitrogens with zero attached hydrogens (tertiary/aromatic N) is 1. The Bertz CT molecular complexity index is 1610. The summed E-state index contributed by atoms with van der Waals surface area (Å²) < 4.78 is 28.4. The molecule has 0 aliphatic rings. The number of rotatable bonds is 6. The molecule has 5 rings (SSSR count). The molecule has 0 unspecified atom stereocenters. The minimum absolute atomic E-state index is 0.00376. The minimum Gasteiger partial charge on any atom is -0.337 e. The number of fused-ring (bicyclic) bond motifs is 2. The van der Waals surface area contributed by atoms with Crippen LogP contribution in [0.2, 0.25) is 0 Å². The Morgan fingerprint density at radius 1 is 0.824 bits per heavy atom. The molecule has 0 aliphatic carbocycles. The first-order valence-electron chi connectivity index (χ1n) is 11.0. The van der Waals surface area contributed by atoms with Gasteiger partial charge in [-0.15, -0.1) is 0 Å². The highest BCUT2D eigenvalue weighted by molar-refractivity contribution is 7.90. The van der Waals surface area contributed by atoms with Crippen LogP contribution in [0.15, 0.2) is 102 Å². The number of benzene rings is 4. The fourth-order valence-electron chi connectivity index (χ4n) is 4.25. The van der Waals surface area contributed by atoms with E-state index in [2.05, 4.69) is 5.32 Å². The fourth-order valence-corrected chi connectivity index (χ4v) is 5.83. The SMILES string of the molecule is Cc1ccc(CS(=O)(=O)c2cn(CC(=O)Nc3cccc4ccccc34)c3ccccc23)cc1. The fraction of sp³-hybridized carbons (Fsp3) is 0.107. The lowest BCUT2D eigenvalue weighted by Crippen LogP contribution is -2.18. The molecule has 6 heteroatoms. The van der Waals surface area contributed by atoms with Crippen LogP contribution in [0, 0.1) is 6.92 Å². The zero-order valence-electron chi connectivity index (χ0n) is 18.7. The van der Waals surface area contributed by atoms with Crippen molar-refractivity contribution < 1.29 is 13.2 Å². The standard InChI is InChI=1S/C28H24N2O3S/c1-20-13-15-21(16-14-20)19-34(32,33)27-17-30(26-12-5-4-10-24(26)27)18-28(31)29-25-11-6-8-22-7-2-3-9-23(22)25/h2-17H,18-19H2,1H3,(H,29,31). The molecule has 1 aromatic heterocycles. The molecule has 170 valence electrons. The van der Waals surface area contributed by atoms with Gasteiger partial charge in [0, 0.05) is 28.2 Å². The molecule has 1 heterocycles. The molecule has 0 radical (unpaired) electrons. The predicted molar refractivity (Wildman–Crippen MR) is 137 cm³/mol. The van der Waals surface area contributed by atoms with Crippen molar-refractivity contribution in [2.45, 2.75) is 24.1 Å². The van der Waals surface area contributed by atoms with Crippen LogP contribution in [0.1, 0.15) is 11.1 Å². The lowest BCUT2D eigenvalue weighted by molar-refractivity contribution is -0.116. The van der Waals surface area contributed by atoms with E-state index in [1.807, 2.05) is 91.9 Å². The van der Waals surface area contributed by atoms with Crippen LogP contribution in [0.4, 0.5) is 5.69 Å². The molecule has 0 spiro atoms. The van der Waals surface area contributed by atoms with Gasteiger partial charge in [-0.2, -0.15) is 0 Å². The number of nitrogens with one attached hydrogen (secondary N) is 1. The molecule has 0 saturated heterocycles. The molecular weight excluding hydrogens is 444 g/mol. The van der Waals surface area contributed by atoms with Gasteiger partial charge in [0.2, 0.25) is 5.91 Å². The van der Waals surface area contributed by atoms with Crippen LogP contribution < -0.4 is 5.32 Å². The van der Waals surface area contributed by atoms with E-state index >= 15 is 0 Å². The number of hydrogen-bond donors (Lipinski definition) is 1. The number of para-hydroxylation sites is 1. The Balaban J connectivity index is 1.45. The summed E-state index contributed by atoms with van der Waals surface area (Å²) in [5.74, 6) is -0.316. The summed E-state index contributed by atoms with van der Waals surface area (Å²) in [5.41, 5.74) is 3.25. The summed E-state index contributed by atoms with van der Waals surface area (Å²) in [6, 6.07) is 28.4. The minimum atomic E-state index is -3.61. The predicted octanol–water partition coefficient (Wildman–Crippen LogP) is 5.72. The number of hydrogen-bond acceptors (Lipinski definition) is 3. The number of carbonyl (C=O) groups is 1.